The van der Waals surface area contributed by atoms with Crippen molar-refractivity contribution in [3.05, 3.63) is 71.8 Å². The second kappa shape index (κ2) is 6.52. The van der Waals surface area contributed by atoms with Crippen molar-refractivity contribution >= 4 is 6.09 Å². The van der Waals surface area contributed by atoms with E-state index >= 15 is 0 Å². The maximum absolute atomic E-state index is 12.3. The van der Waals surface area contributed by atoms with Crippen LogP contribution in [0.1, 0.15) is 24.0 Å². The number of amides is 1. The van der Waals surface area contributed by atoms with Crippen molar-refractivity contribution in [1.29, 1.82) is 0 Å². The van der Waals surface area contributed by atoms with E-state index in [1.165, 1.54) is 0 Å². The molecule has 1 amide bonds. The Labute approximate surface area is 148 Å². The highest BCUT2D eigenvalue weighted by atomic mass is 16.6. The van der Waals surface area contributed by atoms with Crippen molar-refractivity contribution in [3.63, 3.8) is 0 Å². The quantitative estimate of drug-likeness (QED) is 0.932. The van der Waals surface area contributed by atoms with Gasteiger partial charge >= 0.3 is 6.09 Å². The standard InChI is InChI=1S/C21H23NO3/c23-20(25-15-16-7-3-1-4-8-16)22-13-17-11-21(24,12-18(17)14-22)19-9-5-2-6-10-19/h1-10,17-18,24H,11-15H2/t17-,18+,21?. The molecular formula is C21H23NO3. The molecule has 1 heterocycles. The van der Waals surface area contributed by atoms with E-state index in [-0.39, 0.29) is 6.09 Å². The Hall–Kier alpha value is -2.33. The van der Waals surface area contributed by atoms with Gasteiger partial charge in [0.2, 0.25) is 0 Å². The fraction of sp³-hybridized carbons (Fsp3) is 0.381. The van der Waals surface area contributed by atoms with E-state index in [0.717, 1.165) is 11.1 Å². The summed E-state index contributed by atoms with van der Waals surface area (Å²) in [5.41, 5.74) is 1.23. The van der Waals surface area contributed by atoms with Gasteiger partial charge in [-0.3, -0.25) is 0 Å². The molecule has 4 nitrogen and oxygen atoms in total. The molecule has 1 N–H and O–H groups in total. The van der Waals surface area contributed by atoms with E-state index in [9.17, 15) is 9.90 Å². The van der Waals surface area contributed by atoms with Crippen LogP contribution in [0.3, 0.4) is 0 Å². The highest BCUT2D eigenvalue weighted by Gasteiger charge is 2.50. The predicted octanol–water partition coefficient (Wildman–Crippen LogP) is 3.55. The van der Waals surface area contributed by atoms with Crippen LogP contribution in [0, 0.1) is 11.8 Å². The van der Waals surface area contributed by atoms with Crippen LogP contribution >= 0.6 is 0 Å². The number of aliphatic hydroxyl groups is 1. The van der Waals surface area contributed by atoms with Crippen LogP contribution in [0.25, 0.3) is 0 Å². The molecule has 130 valence electrons. The topological polar surface area (TPSA) is 49.8 Å². The molecule has 4 rings (SSSR count). The van der Waals surface area contributed by atoms with Crippen LogP contribution in [-0.2, 0) is 16.9 Å². The van der Waals surface area contributed by atoms with E-state index in [0.29, 0.717) is 44.4 Å². The second-order valence-electron chi connectivity index (χ2n) is 7.27. The van der Waals surface area contributed by atoms with Crippen molar-refractivity contribution in [1.82, 2.24) is 4.90 Å². The number of carbonyl (C=O) groups excluding carboxylic acids is 1. The Morgan fingerprint density at radius 2 is 1.56 bits per heavy atom. The molecule has 0 bridgehead atoms. The van der Waals surface area contributed by atoms with Crippen molar-refractivity contribution in [2.24, 2.45) is 11.8 Å². The molecule has 1 saturated heterocycles. The smallest absolute Gasteiger partial charge is 0.410 e. The van der Waals surface area contributed by atoms with Gasteiger partial charge in [-0.05, 0) is 35.8 Å². The minimum absolute atomic E-state index is 0.249. The summed E-state index contributed by atoms with van der Waals surface area (Å²) >= 11 is 0. The third kappa shape index (κ3) is 3.27. The molecule has 4 heteroatoms. The van der Waals surface area contributed by atoms with Gasteiger partial charge in [-0.1, -0.05) is 60.7 Å². The summed E-state index contributed by atoms with van der Waals surface area (Å²) in [4.78, 5) is 14.1. The maximum Gasteiger partial charge on any atom is 0.410 e. The summed E-state index contributed by atoms with van der Waals surface area (Å²) < 4.78 is 5.44. The maximum atomic E-state index is 12.3. The summed E-state index contributed by atoms with van der Waals surface area (Å²) in [6.45, 7) is 1.65. The van der Waals surface area contributed by atoms with Crippen molar-refractivity contribution in [3.8, 4) is 0 Å². The number of hydrogen-bond acceptors (Lipinski definition) is 3. The Balaban J connectivity index is 1.34. The lowest BCUT2D eigenvalue weighted by Crippen LogP contribution is -2.32. The SMILES string of the molecule is O=C(OCc1ccccc1)N1C[C@@H]2CC(O)(c3ccccc3)C[C@@H]2C1. The number of fused-ring (bicyclic) bond motifs is 1. The van der Waals surface area contributed by atoms with E-state index in [1.807, 2.05) is 60.7 Å². The minimum atomic E-state index is -0.753. The van der Waals surface area contributed by atoms with Gasteiger partial charge in [0.25, 0.3) is 0 Å². The van der Waals surface area contributed by atoms with Gasteiger partial charge in [0, 0.05) is 13.1 Å². The van der Waals surface area contributed by atoms with E-state index in [4.69, 9.17) is 4.74 Å². The van der Waals surface area contributed by atoms with Gasteiger partial charge in [0.15, 0.2) is 0 Å². The average Bonchev–Trinajstić information content (AvgIpc) is 3.17. The van der Waals surface area contributed by atoms with Crippen LogP contribution in [-0.4, -0.2) is 29.2 Å². The lowest BCUT2D eigenvalue weighted by Gasteiger charge is -2.26. The highest BCUT2D eigenvalue weighted by molar-refractivity contribution is 5.68. The first kappa shape index (κ1) is 16.2. The fourth-order valence-electron chi connectivity index (χ4n) is 4.30. The molecule has 0 aromatic heterocycles. The lowest BCUT2D eigenvalue weighted by molar-refractivity contribution is 0.0298. The number of carbonyl (C=O) groups is 1. The predicted molar refractivity (Wildman–Crippen MR) is 94.8 cm³/mol. The normalized spacial score (nSPS) is 28.0. The van der Waals surface area contributed by atoms with Crippen LogP contribution in [0.5, 0.6) is 0 Å². The van der Waals surface area contributed by atoms with E-state index in [1.54, 1.807) is 4.90 Å². The highest BCUT2D eigenvalue weighted by Crippen LogP contribution is 2.48. The Morgan fingerprint density at radius 1 is 1.00 bits per heavy atom. The Bertz CT molecular complexity index is 717. The first-order chi connectivity index (χ1) is 12.1. The lowest BCUT2D eigenvalue weighted by atomic mass is 9.90. The monoisotopic (exact) mass is 337 g/mol. The molecule has 2 fully saturated rings. The first-order valence-corrected chi connectivity index (χ1v) is 8.87. The van der Waals surface area contributed by atoms with Gasteiger partial charge in [0.1, 0.15) is 6.61 Å². The number of benzene rings is 2. The molecule has 0 radical (unpaired) electrons. The third-order valence-electron chi connectivity index (χ3n) is 5.55. The number of ether oxygens (including phenoxy) is 1. The molecule has 2 aromatic rings. The number of hydrogen-bond donors (Lipinski definition) is 1. The van der Waals surface area contributed by atoms with Gasteiger partial charge in [-0.25, -0.2) is 4.79 Å². The molecule has 1 saturated carbocycles. The summed E-state index contributed by atoms with van der Waals surface area (Å²) in [5, 5.41) is 11.0. The van der Waals surface area contributed by atoms with E-state index in [2.05, 4.69) is 0 Å². The second-order valence-corrected chi connectivity index (χ2v) is 7.27. The molecular weight excluding hydrogens is 314 g/mol. The number of rotatable bonds is 3. The Morgan fingerprint density at radius 3 is 2.16 bits per heavy atom. The van der Waals surface area contributed by atoms with Gasteiger partial charge in [-0.2, -0.15) is 0 Å². The molecule has 0 spiro atoms. The zero-order valence-corrected chi connectivity index (χ0v) is 14.2. The molecule has 3 atom stereocenters. The molecule has 2 aromatic carbocycles. The zero-order valence-electron chi connectivity index (χ0n) is 14.2. The van der Waals surface area contributed by atoms with Gasteiger partial charge in [0.05, 0.1) is 5.60 Å². The number of likely N-dealkylation sites (tertiary alicyclic amines) is 1. The molecule has 25 heavy (non-hydrogen) atoms. The fourth-order valence-corrected chi connectivity index (χ4v) is 4.30. The first-order valence-electron chi connectivity index (χ1n) is 8.87. The molecule has 2 aliphatic rings. The van der Waals surface area contributed by atoms with Crippen LogP contribution in [0.4, 0.5) is 4.79 Å². The largest absolute Gasteiger partial charge is 0.445 e. The van der Waals surface area contributed by atoms with Crippen molar-refractivity contribution in [2.45, 2.75) is 25.0 Å². The van der Waals surface area contributed by atoms with Crippen LogP contribution in [0.15, 0.2) is 60.7 Å². The summed E-state index contributed by atoms with van der Waals surface area (Å²) in [7, 11) is 0. The zero-order chi connectivity index (χ0) is 17.3. The molecule has 1 aliphatic heterocycles. The summed E-state index contributed by atoms with van der Waals surface area (Å²) in [5.74, 6) is 0.684. The number of nitrogens with zero attached hydrogens (tertiary/aromatic N) is 1. The van der Waals surface area contributed by atoms with Gasteiger partial charge < -0.3 is 14.7 Å². The molecule has 1 aliphatic carbocycles. The average molecular weight is 337 g/mol. The minimum Gasteiger partial charge on any atom is -0.445 e. The van der Waals surface area contributed by atoms with Crippen LogP contribution in [0.2, 0.25) is 0 Å². The summed E-state index contributed by atoms with van der Waals surface area (Å²) in [6, 6.07) is 19.6. The Kier molecular flexibility index (Phi) is 4.22. The summed E-state index contributed by atoms with van der Waals surface area (Å²) in [6.07, 6.45) is 1.18. The van der Waals surface area contributed by atoms with E-state index < -0.39 is 5.60 Å². The van der Waals surface area contributed by atoms with Crippen LogP contribution < -0.4 is 0 Å². The third-order valence-corrected chi connectivity index (χ3v) is 5.55. The van der Waals surface area contributed by atoms with Crippen molar-refractivity contribution in [2.75, 3.05) is 13.1 Å². The molecule has 1 unspecified atom stereocenters. The van der Waals surface area contributed by atoms with Crippen molar-refractivity contribution < 1.29 is 14.6 Å². The van der Waals surface area contributed by atoms with Gasteiger partial charge in [-0.15, -0.1) is 0 Å².